The predicted molar refractivity (Wildman–Crippen MR) is 89.5 cm³/mol. The minimum atomic E-state index is -3.76. The summed E-state index contributed by atoms with van der Waals surface area (Å²) in [6.07, 6.45) is 3.49. The molecule has 2 heterocycles. The maximum Gasteiger partial charge on any atom is 0.240 e. The Morgan fingerprint density at radius 3 is 2.80 bits per heavy atom. The molecule has 4 rings (SSSR count). The van der Waals surface area contributed by atoms with Crippen LogP contribution in [0, 0.1) is 11.7 Å². The monoisotopic (exact) mass is 370 g/mol. The van der Waals surface area contributed by atoms with E-state index in [1.165, 1.54) is 32.1 Å². The molecule has 0 radical (unpaired) electrons. The van der Waals surface area contributed by atoms with Gasteiger partial charge in [-0.1, -0.05) is 0 Å². The SMILES string of the molecule is COc1ccc(S(=O)(=O)N[C@@H]2C[C@H]3CO[C@@H](C4CC4)CN3C2)cc1F. The van der Waals surface area contributed by atoms with Gasteiger partial charge >= 0.3 is 0 Å². The number of methoxy groups -OCH3 is 1. The van der Waals surface area contributed by atoms with Gasteiger partial charge in [-0.15, -0.1) is 0 Å². The van der Waals surface area contributed by atoms with E-state index >= 15 is 0 Å². The van der Waals surface area contributed by atoms with Crippen molar-refractivity contribution in [3.05, 3.63) is 24.0 Å². The first-order chi connectivity index (χ1) is 12.0. The topological polar surface area (TPSA) is 67.9 Å². The van der Waals surface area contributed by atoms with Crippen LogP contribution in [0.5, 0.6) is 5.75 Å². The fourth-order valence-corrected chi connectivity index (χ4v) is 5.09. The van der Waals surface area contributed by atoms with Crippen LogP contribution in [0.1, 0.15) is 19.3 Å². The van der Waals surface area contributed by atoms with Crippen LogP contribution in [-0.2, 0) is 14.8 Å². The number of benzene rings is 1. The minimum absolute atomic E-state index is 0.0280. The molecule has 0 aromatic heterocycles. The first-order valence-electron chi connectivity index (χ1n) is 8.68. The zero-order valence-electron chi connectivity index (χ0n) is 14.2. The van der Waals surface area contributed by atoms with Crippen LogP contribution in [0.25, 0.3) is 0 Å². The summed E-state index contributed by atoms with van der Waals surface area (Å²) in [7, 11) is -2.42. The average Bonchev–Trinajstić information content (AvgIpc) is 3.34. The molecule has 2 saturated heterocycles. The van der Waals surface area contributed by atoms with E-state index in [-0.39, 0.29) is 22.7 Å². The molecule has 1 aromatic rings. The predicted octanol–water partition coefficient (Wildman–Crippen LogP) is 1.36. The second-order valence-corrected chi connectivity index (χ2v) is 8.88. The molecule has 2 aliphatic heterocycles. The third-order valence-electron chi connectivity index (χ3n) is 5.35. The number of nitrogens with one attached hydrogen (secondary N) is 1. The standard InChI is InChI=1S/C17H23FN2O4S/c1-23-16-5-4-14(7-15(16)18)25(21,22)19-12-6-13-10-24-17(11-2-3-11)9-20(13)8-12/h4-5,7,11-13,17,19H,2-3,6,8-10H2,1H3/t12-,13+,17-/m1/s1. The molecule has 25 heavy (non-hydrogen) atoms. The van der Waals surface area contributed by atoms with E-state index in [1.54, 1.807) is 0 Å². The van der Waals surface area contributed by atoms with Crippen LogP contribution in [0.4, 0.5) is 4.39 Å². The lowest BCUT2D eigenvalue weighted by molar-refractivity contribution is -0.0581. The molecule has 0 amide bonds. The number of fused-ring (bicyclic) bond motifs is 1. The maximum atomic E-state index is 13.8. The second kappa shape index (κ2) is 6.50. The van der Waals surface area contributed by atoms with Gasteiger partial charge in [0.2, 0.25) is 10.0 Å². The summed E-state index contributed by atoms with van der Waals surface area (Å²) in [4.78, 5) is 2.25. The van der Waals surface area contributed by atoms with Gasteiger partial charge in [0.25, 0.3) is 0 Å². The molecule has 8 heteroatoms. The second-order valence-electron chi connectivity index (χ2n) is 7.17. The molecule has 3 aliphatic rings. The largest absolute Gasteiger partial charge is 0.494 e. The lowest BCUT2D eigenvalue weighted by Gasteiger charge is -2.35. The molecule has 138 valence electrons. The van der Waals surface area contributed by atoms with Crippen molar-refractivity contribution >= 4 is 10.0 Å². The quantitative estimate of drug-likeness (QED) is 0.848. The third-order valence-corrected chi connectivity index (χ3v) is 6.87. The Morgan fingerprint density at radius 1 is 1.32 bits per heavy atom. The highest BCUT2D eigenvalue weighted by Gasteiger charge is 2.43. The summed E-state index contributed by atoms with van der Waals surface area (Å²) < 4.78 is 52.4. The fraction of sp³-hybridized carbons (Fsp3) is 0.647. The number of halogens is 1. The Hall–Kier alpha value is -1.22. The minimum Gasteiger partial charge on any atom is -0.494 e. The maximum absolute atomic E-state index is 13.8. The van der Waals surface area contributed by atoms with Gasteiger partial charge in [-0.05, 0) is 43.4 Å². The zero-order chi connectivity index (χ0) is 17.6. The number of hydrogen-bond donors (Lipinski definition) is 1. The normalized spacial score (nSPS) is 30.2. The summed E-state index contributed by atoms with van der Waals surface area (Å²) in [5, 5.41) is 0. The molecule has 0 unspecified atom stereocenters. The Bertz CT molecular complexity index is 753. The fourth-order valence-electron chi connectivity index (χ4n) is 3.84. The first-order valence-corrected chi connectivity index (χ1v) is 10.2. The Morgan fingerprint density at radius 2 is 2.12 bits per heavy atom. The number of hydrogen-bond acceptors (Lipinski definition) is 5. The van der Waals surface area contributed by atoms with E-state index in [1.807, 2.05) is 0 Å². The average molecular weight is 370 g/mol. The number of sulfonamides is 1. The van der Waals surface area contributed by atoms with Crippen LogP contribution in [0.3, 0.4) is 0 Å². The smallest absolute Gasteiger partial charge is 0.240 e. The number of ether oxygens (including phenoxy) is 2. The molecular weight excluding hydrogens is 347 g/mol. The summed E-state index contributed by atoms with van der Waals surface area (Å²) in [5.41, 5.74) is 0. The van der Waals surface area contributed by atoms with Crippen molar-refractivity contribution in [1.82, 2.24) is 9.62 Å². The van der Waals surface area contributed by atoms with Crippen molar-refractivity contribution in [2.45, 2.75) is 42.3 Å². The molecule has 0 spiro atoms. The molecule has 1 saturated carbocycles. The van der Waals surface area contributed by atoms with E-state index < -0.39 is 15.8 Å². The lowest BCUT2D eigenvalue weighted by Crippen LogP contribution is -2.47. The highest BCUT2D eigenvalue weighted by atomic mass is 32.2. The summed E-state index contributed by atoms with van der Waals surface area (Å²) in [6, 6.07) is 3.77. The number of rotatable bonds is 5. The van der Waals surface area contributed by atoms with Gasteiger partial charge in [0.1, 0.15) is 0 Å². The molecule has 1 N–H and O–H groups in total. The highest BCUT2D eigenvalue weighted by Crippen LogP contribution is 2.38. The number of nitrogens with zero attached hydrogens (tertiary/aromatic N) is 1. The van der Waals surface area contributed by atoms with Gasteiger partial charge in [0.05, 0.1) is 24.7 Å². The van der Waals surface area contributed by atoms with Crippen molar-refractivity contribution < 1.29 is 22.3 Å². The number of morpholine rings is 1. The van der Waals surface area contributed by atoms with Gasteiger partial charge in [0.15, 0.2) is 11.6 Å². The molecular formula is C17H23FN2O4S. The Kier molecular flexibility index (Phi) is 4.47. The van der Waals surface area contributed by atoms with Crippen molar-refractivity contribution in [1.29, 1.82) is 0 Å². The van der Waals surface area contributed by atoms with Crippen LogP contribution in [0.2, 0.25) is 0 Å². The summed E-state index contributed by atoms with van der Waals surface area (Å²) in [5.74, 6) is 0.0223. The van der Waals surface area contributed by atoms with Crippen LogP contribution in [0.15, 0.2) is 23.1 Å². The third kappa shape index (κ3) is 3.53. The van der Waals surface area contributed by atoms with Crippen molar-refractivity contribution in [3.63, 3.8) is 0 Å². The zero-order valence-corrected chi connectivity index (χ0v) is 15.0. The summed E-state index contributed by atoms with van der Waals surface area (Å²) >= 11 is 0. The van der Waals surface area contributed by atoms with Gasteiger partial charge in [-0.2, -0.15) is 0 Å². The van der Waals surface area contributed by atoms with E-state index in [0.29, 0.717) is 25.2 Å². The van der Waals surface area contributed by atoms with Crippen LogP contribution < -0.4 is 9.46 Å². The molecule has 1 aliphatic carbocycles. The van der Waals surface area contributed by atoms with Crippen LogP contribution in [-0.4, -0.2) is 58.3 Å². The van der Waals surface area contributed by atoms with E-state index in [9.17, 15) is 12.8 Å². The van der Waals surface area contributed by atoms with E-state index in [0.717, 1.165) is 19.0 Å². The Labute approximate surface area is 147 Å². The van der Waals surface area contributed by atoms with Crippen molar-refractivity contribution in [2.24, 2.45) is 5.92 Å². The van der Waals surface area contributed by atoms with Crippen LogP contribution >= 0.6 is 0 Å². The van der Waals surface area contributed by atoms with Gasteiger partial charge in [-0.3, -0.25) is 4.90 Å². The molecule has 6 nitrogen and oxygen atoms in total. The van der Waals surface area contributed by atoms with Gasteiger partial charge < -0.3 is 9.47 Å². The molecule has 3 fully saturated rings. The summed E-state index contributed by atoms with van der Waals surface area (Å²) in [6.45, 7) is 2.22. The van der Waals surface area contributed by atoms with Crippen molar-refractivity contribution in [2.75, 3.05) is 26.8 Å². The molecule has 1 aromatic carbocycles. The Balaban J connectivity index is 1.42. The highest BCUT2D eigenvalue weighted by molar-refractivity contribution is 7.89. The van der Waals surface area contributed by atoms with Crippen molar-refractivity contribution in [3.8, 4) is 5.75 Å². The van der Waals surface area contributed by atoms with Gasteiger partial charge in [-0.25, -0.2) is 17.5 Å². The first kappa shape index (κ1) is 17.2. The van der Waals surface area contributed by atoms with E-state index in [4.69, 9.17) is 9.47 Å². The molecule has 3 atom stereocenters. The van der Waals surface area contributed by atoms with Gasteiger partial charge in [0, 0.05) is 25.2 Å². The molecule has 0 bridgehead atoms. The lowest BCUT2D eigenvalue weighted by atomic mass is 10.1. The van der Waals surface area contributed by atoms with E-state index in [2.05, 4.69) is 9.62 Å².